The summed E-state index contributed by atoms with van der Waals surface area (Å²) >= 11 is 1.56. The smallest absolute Gasteiger partial charge is 0.306 e. The van der Waals surface area contributed by atoms with E-state index >= 15 is 0 Å². The van der Waals surface area contributed by atoms with Crippen molar-refractivity contribution in [1.29, 1.82) is 0 Å². The average Bonchev–Trinajstić information content (AvgIpc) is 3.02. The van der Waals surface area contributed by atoms with Crippen LogP contribution in [0.2, 0.25) is 0 Å². The van der Waals surface area contributed by atoms with Crippen LogP contribution >= 0.6 is 11.3 Å². The number of Topliss-reactive ketones (excluding diaryl/α,β-unsaturated/α-hetero) is 1. The zero-order valence-corrected chi connectivity index (χ0v) is 17.7. The highest BCUT2D eigenvalue weighted by molar-refractivity contribution is 7.12. The number of hydrogen-bond donors (Lipinski definition) is 1. The average molecular weight is 402 g/mol. The molecule has 150 valence electrons. The second-order valence-corrected chi connectivity index (χ2v) is 8.35. The van der Waals surface area contributed by atoms with Gasteiger partial charge in [-0.25, -0.2) is 0 Å². The Labute approximate surface area is 170 Å². The summed E-state index contributed by atoms with van der Waals surface area (Å²) in [6.45, 7) is 7.75. The zero-order chi connectivity index (χ0) is 20.7. The van der Waals surface area contributed by atoms with Crippen LogP contribution in [0.3, 0.4) is 0 Å². The molecular weight excluding hydrogens is 374 g/mol. The van der Waals surface area contributed by atoms with Crippen molar-refractivity contribution in [3.05, 3.63) is 51.2 Å². The molecule has 2 aromatic rings. The fourth-order valence-electron chi connectivity index (χ4n) is 2.80. The summed E-state index contributed by atoms with van der Waals surface area (Å²) in [5.74, 6) is -0.569. The Kier molecular flexibility index (Phi) is 7.93. The number of benzene rings is 1. The first kappa shape index (κ1) is 21.8. The minimum atomic E-state index is -0.555. The number of anilines is 1. The Morgan fingerprint density at radius 3 is 2.36 bits per heavy atom. The summed E-state index contributed by atoms with van der Waals surface area (Å²) in [5.41, 5.74) is 2.54. The molecule has 1 aromatic carbocycles. The number of thiophene rings is 1. The lowest BCUT2D eigenvalue weighted by atomic mass is 9.99. The van der Waals surface area contributed by atoms with Gasteiger partial charge in [-0.05, 0) is 49.9 Å². The minimum absolute atomic E-state index is 0.0376. The van der Waals surface area contributed by atoms with Gasteiger partial charge in [0.2, 0.25) is 0 Å². The van der Waals surface area contributed by atoms with Gasteiger partial charge < -0.3 is 10.1 Å². The topological polar surface area (TPSA) is 72.5 Å². The number of esters is 1. The van der Waals surface area contributed by atoms with E-state index in [1.165, 1.54) is 5.56 Å². The number of ether oxygens (including phenoxy) is 1. The molecule has 1 amide bonds. The molecule has 1 aromatic heterocycles. The van der Waals surface area contributed by atoms with Gasteiger partial charge in [0.05, 0.1) is 6.42 Å². The van der Waals surface area contributed by atoms with E-state index in [0.29, 0.717) is 17.2 Å². The van der Waals surface area contributed by atoms with Crippen LogP contribution in [0.4, 0.5) is 5.69 Å². The van der Waals surface area contributed by atoms with E-state index in [-0.39, 0.29) is 25.2 Å². The van der Waals surface area contributed by atoms with E-state index in [1.807, 2.05) is 44.2 Å². The van der Waals surface area contributed by atoms with Crippen molar-refractivity contribution in [2.75, 3.05) is 11.9 Å². The number of carbonyl (C=O) groups excluding carboxylic acids is 3. The second-order valence-electron chi connectivity index (χ2n) is 6.89. The third kappa shape index (κ3) is 6.30. The molecule has 0 radical (unpaired) electrons. The maximum Gasteiger partial charge on any atom is 0.306 e. The number of aryl methyl sites for hydroxylation is 2. The Bertz CT molecular complexity index is 839. The fraction of sp³-hybridized carbons (Fsp3) is 0.409. The van der Waals surface area contributed by atoms with Gasteiger partial charge >= 0.3 is 5.97 Å². The number of amides is 1. The predicted molar refractivity (Wildman–Crippen MR) is 112 cm³/mol. The zero-order valence-electron chi connectivity index (χ0n) is 16.8. The second kappa shape index (κ2) is 10.2. The third-order valence-electron chi connectivity index (χ3n) is 4.64. The molecule has 0 saturated heterocycles. The minimum Gasteiger partial charge on any atom is -0.456 e. The number of hydrogen-bond acceptors (Lipinski definition) is 5. The van der Waals surface area contributed by atoms with Crippen LogP contribution < -0.4 is 5.32 Å². The molecule has 6 heteroatoms. The van der Waals surface area contributed by atoms with Gasteiger partial charge in [0.15, 0.2) is 12.4 Å². The molecule has 1 heterocycles. The maximum absolute atomic E-state index is 12.2. The molecule has 1 unspecified atom stereocenters. The Morgan fingerprint density at radius 2 is 1.79 bits per heavy atom. The van der Waals surface area contributed by atoms with Crippen molar-refractivity contribution in [2.24, 2.45) is 0 Å². The summed E-state index contributed by atoms with van der Waals surface area (Å²) in [4.78, 5) is 38.0. The molecule has 5 nitrogen and oxygen atoms in total. The lowest BCUT2D eigenvalue weighted by molar-refractivity contribution is -0.147. The largest absolute Gasteiger partial charge is 0.456 e. The predicted octanol–water partition coefficient (Wildman–Crippen LogP) is 5.02. The van der Waals surface area contributed by atoms with Gasteiger partial charge in [-0.1, -0.05) is 26.0 Å². The van der Waals surface area contributed by atoms with E-state index in [4.69, 9.17) is 4.74 Å². The van der Waals surface area contributed by atoms with Gasteiger partial charge in [-0.15, -0.1) is 11.3 Å². The van der Waals surface area contributed by atoms with E-state index in [9.17, 15) is 14.4 Å². The molecule has 0 saturated carbocycles. The molecule has 1 N–H and O–H groups in total. The first-order chi connectivity index (χ1) is 13.3. The van der Waals surface area contributed by atoms with E-state index in [1.54, 1.807) is 11.3 Å². The molecule has 0 spiro atoms. The van der Waals surface area contributed by atoms with Gasteiger partial charge in [-0.2, -0.15) is 0 Å². The summed E-state index contributed by atoms with van der Waals surface area (Å²) in [5, 5.41) is 2.70. The first-order valence-electron chi connectivity index (χ1n) is 9.45. The van der Waals surface area contributed by atoms with Crippen molar-refractivity contribution in [2.45, 2.75) is 52.9 Å². The lowest BCUT2D eigenvalue weighted by Crippen LogP contribution is -2.21. The highest BCUT2D eigenvalue weighted by atomic mass is 32.1. The van der Waals surface area contributed by atoms with Gasteiger partial charge in [0.1, 0.15) is 0 Å². The molecule has 0 aliphatic rings. The van der Waals surface area contributed by atoms with Crippen molar-refractivity contribution >= 4 is 34.7 Å². The Balaban J connectivity index is 1.74. The standard InChI is InChI=1S/C22H27NO4S/c1-5-14(2)17-6-8-18(9-7-17)23-21(25)13-27-22(26)11-10-20(24)19-12-15(3)28-16(19)4/h6-9,12,14H,5,10-11,13H2,1-4H3,(H,23,25). The Morgan fingerprint density at radius 1 is 1.11 bits per heavy atom. The van der Waals surface area contributed by atoms with Crippen molar-refractivity contribution in [1.82, 2.24) is 0 Å². The monoisotopic (exact) mass is 401 g/mol. The van der Waals surface area contributed by atoms with Crippen LogP contribution in [0.25, 0.3) is 0 Å². The fourth-order valence-corrected chi connectivity index (χ4v) is 3.75. The highest BCUT2D eigenvalue weighted by Gasteiger charge is 2.15. The molecule has 28 heavy (non-hydrogen) atoms. The number of carbonyl (C=O) groups is 3. The molecule has 0 aliphatic heterocycles. The van der Waals surface area contributed by atoms with Crippen LogP contribution in [-0.4, -0.2) is 24.3 Å². The first-order valence-corrected chi connectivity index (χ1v) is 10.3. The summed E-state index contributed by atoms with van der Waals surface area (Å²) in [6.07, 6.45) is 1.09. The lowest BCUT2D eigenvalue weighted by Gasteiger charge is -2.10. The molecule has 2 rings (SSSR count). The van der Waals surface area contributed by atoms with Crippen LogP contribution in [0.5, 0.6) is 0 Å². The van der Waals surface area contributed by atoms with Crippen LogP contribution in [0.1, 0.15) is 64.7 Å². The van der Waals surface area contributed by atoms with Crippen LogP contribution in [0.15, 0.2) is 30.3 Å². The Hall–Kier alpha value is -2.47. The number of rotatable bonds is 9. The number of ketones is 1. The quantitative estimate of drug-likeness (QED) is 0.473. The van der Waals surface area contributed by atoms with E-state index in [0.717, 1.165) is 16.2 Å². The van der Waals surface area contributed by atoms with Crippen LogP contribution in [0, 0.1) is 13.8 Å². The summed E-state index contributed by atoms with van der Waals surface area (Å²) < 4.78 is 4.98. The van der Waals surface area contributed by atoms with Gasteiger partial charge in [-0.3, -0.25) is 14.4 Å². The number of nitrogens with one attached hydrogen (secondary N) is 1. The van der Waals surface area contributed by atoms with Crippen LogP contribution in [-0.2, 0) is 14.3 Å². The molecular formula is C22H27NO4S. The molecule has 0 bridgehead atoms. The summed E-state index contributed by atoms with van der Waals surface area (Å²) in [7, 11) is 0. The molecule has 0 fully saturated rings. The molecule has 1 atom stereocenters. The normalized spacial score (nSPS) is 11.7. The SMILES string of the molecule is CCC(C)c1ccc(NC(=O)COC(=O)CCC(=O)c2cc(C)sc2C)cc1. The maximum atomic E-state index is 12.2. The van der Waals surface area contributed by atoms with Gasteiger partial charge in [0.25, 0.3) is 5.91 Å². The third-order valence-corrected chi connectivity index (χ3v) is 5.60. The van der Waals surface area contributed by atoms with E-state index < -0.39 is 11.9 Å². The van der Waals surface area contributed by atoms with Crippen molar-refractivity contribution in [3.63, 3.8) is 0 Å². The van der Waals surface area contributed by atoms with E-state index in [2.05, 4.69) is 19.2 Å². The summed E-state index contributed by atoms with van der Waals surface area (Å²) in [6, 6.07) is 9.48. The van der Waals surface area contributed by atoms with Gasteiger partial charge in [0, 0.05) is 27.4 Å². The highest BCUT2D eigenvalue weighted by Crippen LogP contribution is 2.22. The molecule has 0 aliphatic carbocycles. The van der Waals surface area contributed by atoms with Crippen molar-refractivity contribution < 1.29 is 19.1 Å². The van der Waals surface area contributed by atoms with Crippen molar-refractivity contribution in [3.8, 4) is 0 Å².